The minimum absolute atomic E-state index is 0.0808. The Morgan fingerprint density at radius 1 is 1.56 bits per heavy atom. The van der Waals surface area contributed by atoms with E-state index in [0.717, 1.165) is 18.5 Å². The van der Waals surface area contributed by atoms with Crippen LogP contribution >= 0.6 is 0 Å². The number of benzene rings is 1. The van der Waals surface area contributed by atoms with Crippen molar-refractivity contribution in [3.8, 4) is 6.07 Å². The molecule has 1 atom stereocenters. The van der Waals surface area contributed by atoms with Crippen LogP contribution in [0.5, 0.6) is 0 Å². The fourth-order valence-corrected chi connectivity index (χ4v) is 1.97. The van der Waals surface area contributed by atoms with Gasteiger partial charge in [-0.3, -0.25) is 4.90 Å². The predicted octanol–water partition coefficient (Wildman–Crippen LogP) is 1.26. The molecule has 0 unspecified atom stereocenters. The smallest absolute Gasteiger partial charge is 0.140 e. The molecule has 1 aliphatic heterocycles. The summed E-state index contributed by atoms with van der Waals surface area (Å²) in [6.07, 6.45) is 0.530. The summed E-state index contributed by atoms with van der Waals surface area (Å²) in [5, 5.41) is 18.1. The lowest BCUT2D eigenvalue weighted by atomic mass is 10.1. The molecule has 16 heavy (non-hydrogen) atoms. The van der Waals surface area contributed by atoms with Crippen LogP contribution in [0.1, 0.15) is 17.5 Å². The minimum Gasteiger partial charge on any atom is -0.392 e. The van der Waals surface area contributed by atoms with Gasteiger partial charge in [0.1, 0.15) is 11.9 Å². The molecule has 3 nitrogen and oxygen atoms in total. The van der Waals surface area contributed by atoms with Crippen LogP contribution < -0.4 is 0 Å². The van der Waals surface area contributed by atoms with Crippen molar-refractivity contribution in [3.63, 3.8) is 0 Å². The van der Waals surface area contributed by atoms with Crippen LogP contribution in [0.3, 0.4) is 0 Å². The van der Waals surface area contributed by atoms with Gasteiger partial charge in [-0.15, -0.1) is 0 Å². The molecule has 0 aromatic heterocycles. The fraction of sp³-hybridized carbons (Fsp3) is 0.417. The highest BCUT2D eigenvalue weighted by atomic mass is 19.1. The Bertz CT molecular complexity index is 428. The molecule has 0 amide bonds. The molecule has 1 N–H and O–H groups in total. The van der Waals surface area contributed by atoms with Crippen LogP contribution in [-0.2, 0) is 6.54 Å². The van der Waals surface area contributed by atoms with Crippen LogP contribution in [0.4, 0.5) is 4.39 Å². The molecule has 0 aliphatic carbocycles. The van der Waals surface area contributed by atoms with Crippen molar-refractivity contribution in [3.05, 3.63) is 35.1 Å². The van der Waals surface area contributed by atoms with E-state index in [1.54, 1.807) is 12.1 Å². The maximum atomic E-state index is 13.1. The van der Waals surface area contributed by atoms with Crippen LogP contribution in [-0.4, -0.2) is 29.2 Å². The molecule has 1 aliphatic rings. The van der Waals surface area contributed by atoms with Crippen LogP contribution in [0.2, 0.25) is 0 Å². The summed E-state index contributed by atoms with van der Waals surface area (Å²) in [4.78, 5) is 2.10. The van der Waals surface area contributed by atoms with Gasteiger partial charge in [-0.2, -0.15) is 5.26 Å². The third kappa shape index (κ3) is 2.38. The van der Waals surface area contributed by atoms with Crippen LogP contribution in [0.25, 0.3) is 0 Å². The Kier molecular flexibility index (Phi) is 3.18. The Morgan fingerprint density at radius 2 is 2.38 bits per heavy atom. The average molecular weight is 220 g/mol. The first-order chi connectivity index (χ1) is 7.69. The first kappa shape index (κ1) is 11.1. The molecule has 2 rings (SSSR count). The van der Waals surface area contributed by atoms with E-state index < -0.39 is 5.82 Å². The number of halogens is 1. The van der Waals surface area contributed by atoms with Crippen molar-refractivity contribution in [1.82, 2.24) is 4.90 Å². The third-order valence-electron chi connectivity index (χ3n) is 2.80. The maximum Gasteiger partial charge on any atom is 0.140 e. The lowest BCUT2D eigenvalue weighted by Gasteiger charge is -2.14. The Balaban J connectivity index is 2.08. The van der Waals surface area contributed by atoms with E-state index in [1.807, 2.05) is 6.07 Å². The third-order valence-corrected chi connectivity index (χ3v) is 2.80. The highest BCUT2D eigenvalue weighted by Gasteiger charge is 2.20. The molecule has 0 saturated carbocycles. The molecule has 1 fully saturated rings. The molecule has 0 bridgehead atoms. The number of likely N-dealkylation sites (tertiary alicyclic amines) is 1. The Morgan fingerprint density at radius 3 is 3.00 bits per heavy atom. The number of hydrogen-bond acceptors (Lipinski definition) is 3. The average Bonchev–Trinajstić information content (AvgIpc) is 2.67. The zero-order valence-corrected chi connectivity index (χ0v) is 8.86. The molecular weight excluding hydrogens is 207 g/mol. The van der Waals surface area contributed by atoms with Gasteiger partial charge in [-0.1, -0.05) is 6.07 Å². The summed E-state index contributed by atoms with van der Waals surface area (Å²) >= 11 is 0. The first-order valence-corrected chi connectivity index (χ1v) is 5.28. The summed E-state index contributed by atoms with van der Waals surface area (Å²) < 4.78 is 13.1. The van der Waals surface area contributed by atoms with Gasteiger partial charge in [0, 0.05) is 19.6 Å². The maximum absolute atomic E-state index is 13.1. The SMILES string of the molecule is N#Cc1cc(CN2CC[C@H](O)C2)ccc1F. The molecule has 84 valence electrons. The quantitative estimate of drug-likeness (QED) is 0.816. The van der Waals surface area contributed by atoms with Gasteiger partial charge in [-0.25, -0.2) is 4.39 Å². The lowest BCUT2D eigenvalue weighted by Crippen LogP contribution is -2.21. The number of aliphatic hydroxyl groups excluding tert-OH is 1. The predicted molar refractivity (Wildman–Crippen MR) is 57.0 cm³/mol. The van der Waals surface area contributed by atoms with Crippen molar-refractivity contribution >= 4 is 0 Å². The second-order valence-electron chi connectivity index (χ2n) is 4.10. The zero-order chi connectivity index (χ0) is 11.5. The van der Waals surface area contributed by atoms with Crippen molar-refractivity contribution in [2.75, 3.05) is 13.1 Å². The van der Waals surface area contributed by atoms with E-state index in [0.29, 0.717) is 13.1 Å². The molecule has 4 heteroatoms. The van der Waals surface area contributed by atoms with Gasteiger partial charge in [-0.05, 0) is 24.1 Å². The van der Waals surface area contributed by atoms with Crippen molar-refractivity contribution in [2.24, 2.45) is 0 Å². The second kappa shape index (κ2) is 4.60. The van der Waals surface area contributed by atoms with E-state index >= 15 is 0 Å². The highest BCUT2D eigenvalue weighted by Crippen LogP contribution is 2.15. The zero-order valence-electron chi connectivity index (χ0n) is 8.86. The standard InChI is InChI=1S/C12H13FN2O/c13-12-2-1-9(5-10(12)6-14)7-15-4-3-11(16)8-15/h1-2,5,11,16H,3-4,7-8H2/t11-/m0/s1. The van der Waals surface area contributed by atoms with Crippen LogP contribution in [0.15, 0.2) is 18.2 Å². The van der Waals surface area contributed by atoms with E-state index in [-0.39, 0.29) is 11.7 Å². The number of β-amino-alcohol motifs (C(OH)–C–C–N with tert-alkyl or cyclic N) is 1. The van der Waals surface area contributed by atoms with Crippen molar-refractivity contribution < 1.29 is 9.50 Å². The second-order valence-corrected chi connectivity index (χ2v) is 4.10. The van der Waals surface area contributed by atoms with E-state index in [9.17, 15) is 9.50 Å². The van der Waals surface area contributed by atoms with Gasteiger partial charge in [0.2, 0.25) is 0 Å². The first-order valence-electron chi connectivity index (χ1n) is 5.28. The van der Waals surface area contributed by atoms with Crippen molar-refractivity contribution in [1.29, 1.82) is 5.26 Å². The summed E-state index contributed by atoms with van der Waals surface area (Å²) in [6.45, 7) is 2.16. The number of rotatable bonds is 2. The monoisotopic (exact) mass is 220 g/mol. The summed E-state index contributed by atoms with van der Waals surface area (Å²) in [5.41, 5.74) is 0.990. The molecule has 1 heterocycles. The lowest BCUT2D eigenvalue weighted by molar-refractivity contribution is 0.175. The molecule has 1 aromatic rings. The molecule has 0 spiro atoms. The number of nitriles is 1. The van der Waals surface area contributed by atoms with Gasteiger partial charge in [0.15, 0.2) is 0 Å². The highest BCUT2D eigenvalue weighted by molar-refractivity contribution is 5.34. The normalized spacial score (nSPS) is 20.9. The Hall–Kier alpha value is -1.44. The summed E-state index contributed by atoms with van der Waals surface area (Å²) in [5.74, 6) is -0.479. The Labute approximate surface area is 93.7 Å². The molecular formula is C12H13FN2O. The van der Waals surface area contributed by atoms with Gasteiger partial charge < -0.3 is 5.11 Å². The molecule has 1 saturated heterocycles. The van der Waals surface area contributed by atoms with Gasteiger partial charge in [0.25, 0.3) is 0 Å². The van der Waals surface area contributed by atoms with E-state index in [4.69, 9.17) is 5.26 Å². The topological polar surface area (TPSA) is 47.3 Å². The van der Waals surface area contributed by atoms with Gasteiger partial charge >= 0.3 is 0 Å². The molecule has 1 aromatic carbocycles. The molecule has 0 radical (unpaired) electrons. The minimum atomic E-state index is -0.479. The van der Waals surface area contributed by atoms with Crippen LogP contribution in [0, 0.1) is 17.1 Å². The number of nitrogens with zero attached hydrogens (tertiary/aromatic N) is 2. The number of hydrogen-bond donors (Lipinski definition) is 1. The number of aliphatic hydroxyl groups is 1. The largest absolute Gasteiger partial charge is 0.392 e. The summed E-state index contributed by atoms with van der Waals surface area (Å²) in [6, 6.07) is 6.40. The summed E-state index contributed by atoms with van der Waals surface area (Å²) in [7, 11) is 0. The van der Waals surface area contributed by atoms with E-state index in [1.165, 1.54) is 6.07 Å². The fourth-order valence-electron chi connectivity index (χ4n) is 1.97. The van der Waals surface area contributed by atoms with E-state index in [2.05, 4.69) is 4.90 Å². The van der Waals surface area contributed by atoms with Crippen molar-refractivity contribution in [2.45, 2.75) is 19.1 Å². The van der Waals surface area contributed by atoms with Gasteiger partial charge in [0.05, 0.1) is 11.7 Å².